The van der Waals surface area contributed by atoms with Crippen molar-refractivity contribution in [3.05, 3.63) is 108 Å². The largest absolute Gasteiger partial charge is 0.481 e. The van der Waals surface area contributed by atoms with Gasteiger partial charge in [-0.1, -0.05) is 92.2 Å². The van der Waals surface area contributed by atoms with Crippen molar-refractivity contribution in [2.45, 2.75) is 58.2 Å². The molecule has 2 atom stereocenters. The van der Waals surface area contributed by atoms with Crippen LogP contribution < -0.4 is 16.1 Å². The van der Waals surface area contributed by atoms with Crippen molar-refractivity contribution in [2.75, 3.05) is 0 Å². The number of H-pyrrole nitrogens is 1. The van der Waals surface area contributed by atoms with E-state index in [-0.39, 0.29) is 13.0 Å². The summed E-state index contributed by atoms with van der Waals surface area (Å²) in [6.45, 7) is 2.56. The molecule has 15 heteroatoms. The number of carboxylic acids is 1. The summed E-state index contributed by atoms with van der Waals surface area (Å²) in [5.74, 6) is -4.04. The summed E-state index contributed by atoms with van der Waals surface area (Å²) in [6.07, 6.45) is 3.46. The predicted octanol–water partition coefficient (Wildman–Crippen LogP) is 3.06. The molecule has 0 aliphatic carbocycles. The van der Waals surface area contributed by atoms with Gasteiger partial charge >= 0.3 is 5.97 Å². The van der Waals surface area contributed by atoms with Crippen LogP contribution in [0.2, 0.25) is 0 Å². The van der Waals surface area contributed by atoms with E-state index in [1.165, 1.54) is 5.48 Å². The van der Waals surface area contributed by atoms with Gasteiger partial charge in [0, 0.05) is 18.5 Å². The van der Waals surface area contributed by atoms with E-state index in [4.69, 9.17) is 0 Å². The number of aliphatic carboxylic acids is 1. The molecule has 1 unspecified atom stereocenters. The lowest BCUT2D eigenvalue weighted by Crippen LogP contribution is -2.51. The van der Waals surface area contributed by atoms with Gasteiger partial charge in [-0.2, -0.15) is 5.21 Å². The second-order valence-corrected chi connectivity index (χ2v) is 11.9. The van der Waals surface area contributed by atoms with Gasteiger partial charge in [0.25, 0.3) is 5.91 Å². The first-order valence-electron chi connectivity index (χ1n) is 16.5. The van der Waals surface area contributed by atoms with Crippen LogP contribution in [0.1, 0.15) is 48.8 Å². The molecular weight excluding hydrogens is 654 g/mol. The highest BCUT2D eigenvalue weighted by Crippen LogP contribution is 2.30. The molecule has 5 rings (SSSR count). The number of aryl methyl sites for hydroxylation is 1. The molecule has 264 valence electrons. The fourth-order valence-corrected chi connectivity index (χ4v) is 5.69. The van der Waals surface area contributed by atoms with E-state index < -0.39 is 42.1 Å². The summed E-state index contributed by atoms with van der Waals surface area (Å²) >= 11 is 0. The third-order valence-corrected chi connectivity index (χ3v) is 8.38. The summed E-state index contributed by atoms with van der Waals surface area (Å²) in [5.41, 5.74) is 6.55. The minimum Gasteiger partial charge on any atom is -0.481 e. The third kappa shape index (κ3) is 9.48. The number of hydrogen-bond donors (Lipinski definition) is 6. The second-order valence-electron chi connectivity index (χ2n) is 11.9. The first kappa shape index (κ1) is 36.1. The Morgan fingerprint density at radius 2 is 1.61 bits per heavy atom. The first-order chi connectivity index (χ1) is 24.8. The van der Waals surface area contributed by atoms with Crippen molar-refractivity contribution in [3.8, 4) is 22.5 Å². The van der Waals surface area contributed by atoms with Crippen molar-refractivity contribution < 1.29 is 29.5 Å². The van der Waals surface area contributed by atoms with Gasteiger partial charge in [-0.15, -0.1) is 10.2 Å². The Bertz CT molecular complexity index is 1930. The Kier molecular flexibility index (Phi) is 12.3. The molecule has 0 bridgehead atoms. The first-order valence-corrected chi connectivity index (χ1v) is 16.5. The summed E-state index contributed by atoms with van der Waals surface area (Å²) in [6, 6.07) is 23.0. The predicted molar refractivity (Wildman–Crippen MR) is 185 cm³/mol. The van der Waals surface area contributed by atoms with Gasteiger partial charge < -0.3 is 20.3 Å². The fourth-order valence-electron chi connectivity index (χ4n) is 5.69. The highest BCUT2D eigenvalue weighted by atomic mass is 16.5. The van der Waals surface area contributed by atoms with Crippen LogP contribution in [0, 0.1) is 5.92 Å². The van der Waals surface area contributed by atoms with Crippen LogP contribution in [0.3, 0.4) is 0 Å². The van der Waals surface area contributed by atoms with Crippen LogP contribution in [0.5, 0.6) is 0 Å². The lowest BCUT2D eigenvalue weighted by molar-refractivity contribution is -0.143. The molecule has 2 heterocycles. The zero-order valence-electron chi connectivity index (χ0n) is 28.0. The smallest absolute Gasteiger partial charge is 0.305 e. The molecular formula is C36H39N9O6. The number of nitrogens with one attached hydrogen (secondary N) is 4. The van der Waals surface area contributed by atoms with Crippen LogP contribution in [0.4, 0.5) is 0 Å². The molecule has 0 spiro atoms. The molecule has 2 aromatic heterocycles. The molecule has 51 heavy (non-hydrogen) atoms. The lowest BCUT2D eigenvalue weighted by Gasteiger charge is -2.21. The van der Waals surface area contributed by atoms with Crippen LogP contribution in [0.15, 0.2) is 85.1 Å². The SMILES string of the molecule is CCCCc1ncc(CNC(=O)[C@H](CC(=O)O)NC(=O)C(Cc2ccccc2)C(=O)NO)n1Cc1ccc(-c2ccccc2-c2nn[nH]n2)cc1. The minimum absolute atomic E-state index is 0.00464. The maximum atomic E-state index is 13.4. The van der Waals surface area contributed by atoms with Crippen molar-refractivity contribution in [2.24, 2.45) is 5.92 Å². The van der Waals surface area contributed by atoms with Crippen LogP contribution in [0.25, 0.3) is 22.5 Å². The molecule has 0 aliphatic rings. The molecule has 5 aromatic rings. The third-order valence-electron chi connectivity index (χ3n) is 8.38. The Hall–Kier alpha value is -6.22. The molecule has 6 N–H and O–H groups in total. The number of nitrogens with zero attached hydrogens (tertiary/aromatic N) is 5. The molecule has 0 aliphatic heterocycles. The number of benzene rings is 3. The number of amides is 3. The molecule has 3 amide bonds. The van der Waals surface area contributed by atoms with Gasteiger partial charge in [0.1, 0.15) is 17.8 Å². The lowest BCUT2D eigenvalue weighted by atomic mass is 9.97. The van der Waals surface area contributed by atoms with E-state index in [1.54, 1.807) is 36.5 Å². The van der Waals surface area contributed by atoms with E-state index >= 15 is 0 Å². The van der Waals surface area contributed by atoms with E-state index in [2.05, 4.69) is 43.2 Å². The molecule has 0 radical (unpaired) electrons. The number of rotatable bonds is 17. The van der Waals surface area contributed by atoms with Crippen LogP contribution >= 0.6 is 0 Å². The molecule has 0 fully saturated rings. The zero-order chi connectivity index (χ0) is 36.2. The van der Waals surface area contributed by atoms with Gasteiger partial charge in [0.15, 0.2) is 0 Å². The number of aromatic nitrogens is 6. The second kappa shape index (κ2) is 17.4. The molecule has 3 aromatic carbocycles. The topological polar surface area (TPSA) is 217 Å². The number of imidazole rings is 1. The highest BCUT2D eigenvalue weighted by molar-refractivity contribution is 6.02. The number of tetrazole rings is 1. The Balaban J connectivity index is 1.31. The van der Waals surface area contributed by atoms with Gasteiger partial charge in [0.05, 0.1) is 24.9 Å². The van der Waals surface area contributed by atoms with Gasteiger partial charge in [0.2, 0.25) is 17.6 Å². The van der Waals surface area contributed by atoms with Gasteiger partial charge in [-0.25, -0.2) is 10.5 Å². The molecule has 0 saturated carbocycles. The minimum atomic E-state index is -1.49. The number of carbonyl (C=O) groups excluding carboxylic acids is 3. The van der Waals surface area contributed by atoms with Crippen molar-refractivity contribution in [1.29, 1.82) is 0 Å². The van der Waals surface area contributed by atoms with Gasteiger partial charge in [-0.3, -0.25) is 24.4 Å². The van der Waals surface area contributed by atoms with Crippen molar-refractivity contribution >= 4 is 23.7 Å². The van der Waals surface area contributed by atoms with E-state index in [9.17, 15) is 29.5 Å². The van der Waals surface area contributed by atoms with E-state index in [0.717, 1.165) is 40.9 Å². The number of unbranched alkanes of at least 4 members (excludes halogenated alkanes) is 1. The monoisotopic (exact) mass is 693 g/mol. The highest BCUT2D eigenvalue weighted by Gasteiger charge is 2.32. The van der Waals surface area contributed by atoms with Crippen LogP contribution in [-0.2, 0) is 45.1 Å². The fraction of sp³-hybridized carbons (Fsp3) is 0.278. The summed E-state index contributed by atoms with van der Waals surface area (Å²) < 4.78 is 2.02. The summed E-state index contributed by atoms with van der Waals surface area (Å²) in [4.78, 5) is 55.3. The molecule has 15 nitrogen and oxygen atoms in total. The Labute approximate surface area is 293 Å². The van der Waals surface area contributed by atoms with E-state index in [0.29, 0.717) is 30.0 Å². The van der Waals surface area contributed by atoms with Crippen molar-refractivity contribution in [3.63, 3.8) is 0 Å². The normalized spacial score (nSPS) is 12.1. The summed E-state index contributed by atoms with van der Waals surface area (Å²) in [5, 5.41) is 38.4. The number of carbonyl (C=O) groups is 4. The standard InChI is InChI=1S/C36H39N9O6/c1-2-3-13-31-37-20-26(45(31)22-24-14-16-25(17-15-24)27-11-7-8-12-28(27)33-40-43-44-41-33)21-38-36(50)30(19-32(46)47)39-34(48)29(35(49)42-51)18-23-9-5-4-6-10-23/h4-12,14-17,20,29-30,51H,2-3,13,18-19,21-22H2,1H3,(H,38,50)(H,39,48)(H,42,49)(H,46,47)(H,40,41,43,44)/t29?,30-/m0/s1. The average Bonchev–Trinajstić information content (AvgIpc) is 3.82. The maximum absolute atomic E-state index is 13.4. The average molecular weight is 694 g/mol. The number of carboxylic acid groups (broad SMARTS) is 1. The van der Waals surface area contributed by atoms with Crippen molar-refractivity contribution in [1.82, 2.24) is 46.3 Å². The Morgan fingerprint density at radius 1 is 0.882 bits per heavy atom. The number of hydrogen-bond acceptors (Lipinski definition) is 9. The van der Waals surface area contributed by atoms with E-state index in [1.807, 2.05) is 53.1 Å². The maximum Gasteiger partial charge on any atom is 0.305 e. The molecule has 0 saturated heterocycles. The number of aromatic amines is 1. The quantitative estimate of drug-likeness (QED) is 0.0475. The number of hydroxylamine groups is 1. The van der Waals surface area contributed by atoms with Gasteiger partial charge in [-0.05, 0) is 40.3 Å². The zero-order valence-corrected chi connectivity index (χ0v) is 28.0. The van der Waals surface area contributed by atoms with Crippen LogP contribution in [-0.4, -0.2) is 70.2 Å². The Morgan fingerprint density at radius 3 is 2.27 bits per heavy atom. The summed E-state index contributed by atoms with van der Waals surface area (Å²) in [7, 11) is 0.